The van der Waals surface area contributed by atoms with E-state index < -0.39 is 4.92 Å². The lowest BCUT2D eigenvalue weighted by molar-refractivity contribution is -0.384. The van der Waals surface area contributed by atoms with Gasteiger partial charge in [0.05, 0.1) is 4.92 Å². The molecular weight excluding hydrogens is 360 g/mol. The zero-order valence-corrected chi connectivity index (χ0v) is 16.0. The third kappa shape index (κ3) is 5.80. The Balaban J connectivity index is 1.78. The van der Waals surface area contributed by atoms with Gasteiger partial charge in [0.1, 0.15) is 5.69 Å². The average molecular weight is 384 g/mol. The summed E-state index contributed by atoms with van der Waals surface area (Å²) in [6.45, 7) is 0.912. The molecule has 0 unspecified atom stereocenters. The molecule has 0 saturated heterocycles. The van der Waals surface area contributed by atoms with Gasteiger partial charge in [-0.05, 0) is 30.2 Å². The average Bonchev–Trinajstić information content (AvgIpc) is 2.71. The number of amides is 2. The normalized spacial score (nSPS) is 10.2. The highest BCUT2D eigenvalue weighted by Gasteiger charge is 2.13. The number of anilines is 1. The van der Waals surface area contributed by atoms with E-state index in [0.29, 0.717) is 37.2 Å². The molecule has 0 bridgehead atoms. The molecule has 0 saturated carbocycles. The molecule has 0 radical (unpaired) electrons. The highest BCUT2D eigenvalue weighted by atomic mass is 16.6. The second-order valence-electron chi connectivity index (χ2n) is 6.33. The smallest absolute Gasteiger partial charge is 0.292 e. The van der Waals surface area contributed by atoms with Crippen molar-refractivity contribution in [3.63, 3.8) is 0 Å². The Hall–Kier alpha value is -3.42. The van der Waals surface area contributed by atoms with Crippen molar-refractivity contribution in [3.05, 3.63) is 69.8 Å². The summed E-state index contributed by atoms with van der Waals surface area (Å²) < 4.78 is 0. The van der Waals surface area contributed by atoms with Crippen molar-refractivity contribution < 1.29 is 14.5 Å². The highest BCUT2D eigenvalue weighted by Crippen LogP contribution is 2.23. The molecule has 0 atom stereocenters. The van der Waals surface area contributed by atoms with Crippen molar-refractivity contribution in [2.45, 2.75) is 19.4 Å². The second kappa shape index (κ2) is 10.1. The van der Waals surface area contributed by atoms with Gasteiger partial charge in [-0.1, -0.05) is 24.3 Å². The summed E-state index contributed by atoms with van der Waals surface area (Å²) in [5.74, 6) is -0.165. The Bertz CT molecular complexity index is 836. The topological polar surface area (TPSA) is 105 Å². The fourth-order valence-electron chi connectivity index (χ4n) is 2.70. The first-order valence-electron chi connectivity index (χ1n) is 8.94. The maximum absolute atomic E-state index is 12.3. The van der Waals surface area contributed by atoms with Crippen LogP contribution in [-0.4, -0.2) is 42.3 Å². The summed E-state index contributed by atoms with van der Waals surface area (Å²) >= 11 is 0. The van der Waals surface area contributed by atoms with E-state index in [2.05, 4.69) is 10.6 Å². The maximum Gasteiger partial charge on any atom is 0.292 e. The van der Waals surface area contributed by atoms with E-state index in [1.807, 2.05) is 12.1 Å². The fourth-order valence-corrected chi connectivity index (χ4v) is 2.70. The minimum atomic E-state index is -0.434. The molecule has 0 aromatic heterocycles. The van der Waals surface area contributed by atoms with Gasteiger partial charge in [0.25, 0.3) is 11.6 Å². The first-order chi connectivity index (χ1) is 13.4. The minimum absolute atomic E-state index is 0.0141. The number of carbonyl (C=O) groups is 2. The van der Waals surface area contributed by atoms with Crippen LogP contribution in [0.2, 0.25) is 0 Å². The zero-order valence-electron chi connectivity index (χ0n) is 16.0. The number of benzene rings is 2. The van der Waals surface area contributed by atoms with Gasteiger partial charge in [-0.15, -0.1) is 0 Å². The van der Waals surface area contributed by atoms with Gasteiger partial charge in [-0.2, -0.15) is 0 Å². The van der Waals surface area contributed by atoms with Crippen LogP contribution in [0.1, 0.15) is 28.8 Å². The van der Waals surface area contributed by atoms with E-state index in [0.717, 1.165) is 5.56 Å². The van der Waals surface area contributed by atoms with E-state index in [-0.39, 0.29) is 17.5 Å². The molecule has 0 aliphatic rings. The largest absolute Gasteiger partial charge is 0.379 e. The van der Waals surface area contributed by atoms with Crippen LogP contribution in [0.5, 0.6) is 0 Å². The number of nitrogens with zero attached hydrogens (tertiary/aromatic N) is 2. The molecule has 0 fully saturated rings. The van der Waals surface area contributed by atoms with Crippen LogP contribution in [0.25, 0.3) is 0 Å². The van der Waals surface area contributed by atoms with Gasteiger partial charge in [0.2, 0.25) is 5.91 Å². The van der Waals surface area contributed by atoms with Gasteiger partial charge in [0, 0.05) is 45.2 Å². The van der Waals surface area contributed by atoms with Crippen LogP contribution in [0.3, 0.4) is 0 Å². The molecule has 0 aliphatic heterocycles. The van der Waals surface area contributed by atoms with Gasteiger partial charge in [-0.25, -0.2) is 0 Å². The van der Waals surface area contributed by atoms with Crippen LogP contribution in [0.4, 0.5) is 11.4 Å². The molecule has 8 nitrogen and oxygen atoms in total. The predicted octanol–water partition coefficient (Wildman–Crippen LogP) is 2.81. The van der Waals surface area contributed by atoms with Crippen LogP contribution in [-0.2, 0) is 11.3 Å². The Morgan fingerprint density at radius 1 is 1.11 bits per heavy atom. The van der Waals surface area contributed by atoms with E-state index in [1.54, 1.807) is 49.3 Å². The van der Waals surface area contributed by atoms with Crippen molar-refractivity contribution in [1.29, 1.82) is 0 Å². The molecule has 8 heteroatoms. The quantitative estimate of drug-likeness (QED) is 0.393. The number of hydrogen-bond acceptors (Lipinski definition) is 5. The van der Waals surface area contributed by atoms with Gasteiger partial charge < -0.3 is 15.5 Å². The summed E-state index contributed by atoms with van der Waals surface area (Å²) in [7, 11) is 3.30. The van der Waals surface area contributed by atoms with Crippen molar-refractivity contribution in [2.24, 2.45) is 0 Å². The first-order valence-corrected chi connectivity index (χ1v) is 8.94. The van der Waals surface area contributed by atoms with Crippen LogP contribution in [0.15, 0.2) is 48.5 Å². The third-order valence-electron chi connectivity index (χ3n) is 4.27. The highest BCUT2D eigenvalue weighted by molar-refractivity contribution is 5.93. The van der Waals surface area contributed by atoms with Crippen LogP contribution in [0, 0.1) is 10.1 Å². The molecule has 148 valence electrons. The number of nitrogens with one attached hydrogen (secondary N) is 2. The number of nitro groups is 1. The Kier molecular flexibility index (Phi) is 7.50. The molecule has 28 heavy (non-hydrogen) atoms. The molecular formula is C20H24N4O4. The van der Waals surface area contributed by atoms with Gasteiger partial charge in [-0.3, -0.25) is 19.7 Å². The molecule has 2 aromatic rings. The summed E-state index contributed by atoms with van der Waals surface area (Å²) in [6.07, 6.45) is 0.894. The number of nitro benzene ring substituents is 1. The lowest BCUT2D eigenvalue weighted by Gasteiger charge is -2.17. The summed E-state index contributed by atoms with van der Waals surface area (Å²) in [5, 5.41) is 16.6. The van der Waals surface area contributed by atoms with E-state index in [9.17, 15) is 19.7 Å². The molecule has 2 aromatic carbocycles. The van der Waals surface area contributed by atoms with Crippen LogP contribution < -0.4 is 10.6 Å². The lowest BCUT2D eigenvalue weighted by Crippen LogP contribution is -2.26. The monoisotopic (exact) mass is 384 g/mol. The van der Waals surface area contributed by atoms with Crippen molar-refractivity contribution >= 4 is 23.2 Å². The standard InChI is InChI=1S/C20H24N4O4/c1-21-20(26)16-11-9-15(10-12-16)14-23(2)19(25)8-5-13-22-17-6-3-4-7-18(17)24(27)28/h3-4,6-7,9-12,22H,5,8,13-14H2,1-2H3,(H,21,26). The number of carbonyl (C=O) groups excluding carboxylic acids is 2. The van der Waals surface area contributed by atoms with E-state index in [1.165, 1.54) is 6.07 Å². The first kappa shape index (κ1) is 20.9. The predicted molar refractivity (Wildman–Crippen MR) is 107 cm³/mol. The van der Waals surface area contributed by atoms with Crippen molar-refractivity contribution in [3.8, 4) is 0 Å². The lowest BCUT2D eigenvalue weighted by atomic mass is 10.1. The van der Waals surface area contributed by atoms with Crippen LogP contribution >= 0.6 is 0 Å². The Morgan fingerprint density at radius 2 is 1.79 bits per heavy atom. The fraction of sp³-hybridized carbons (Fsp3) is 0.300. The molecule has 2 amide bonds. The maximum atomic E-state index is 12.3. The SMILES string of the molecule is CNC(=O)c1ccc(CN(C)C(=O)CCCNc2ccccc2[N+](=O)[O-])cc1. The molecule has 0 aliphatic carbocycles. The molecule has 2 N–H and O–H groups in total. The molecule has 0 spiro atoms. The number of rotatable bonds is 9. The van der Waals surface area contributed by atoms with Crippen molar-refractivity contribution in [2.75, 3.05) is 26.0 Å². The number of para-hydroxylation sites is 2. The summed E-state index contributed by atoms with van der Waals surface area (Å²) in [5.41, 5.74) is 1.97. The summed E-state index contributed by atoms with van der Waals surface area (Å²) in [6, 6.07) is 13.5. The zero-order chi connectivity index (χ0) is 20.5. The van der Waals surface area contributed by atoms with Crippen molar-refractivity contribution in [1.82, 2.24) is 10.2 Å². The van der Waals surface area contributed by atoms with Gasteiger partial charge in [0.15, 0.2) is 0 Å². The third-order valence-corrected chi connectivity index (χ3v) is 4.27. The Labute approximate surface area is 163 Å². The molecule has 2 rings (SSSR count). The minimum Gasteiger partial charge on any atom is -0.379 e. The molecule has 0 heterocycles. The number of hydrogen-bond donors (Lipinski definition) is 2. The van der Waals surface area contributed by atoms with E-state index >= 15 is 0 Å². The second-order valence-corrected chi connectivity index (χ2v) is 6.33. The summed E-state index contributed by atoms with van der Waals surface area (Å²) in [4.78, 5) is 36.0. The Morgan fingerprint density at radius 3 is 2.43 bits per heavy atom. The van der Waals surface area contributed by atoms with Gasteiger partial charge >= 0.3 is 0 Å². The van der Waals surface area contributed by atoms with E-state index in [4.69, 9.17) is 0 Å².